The first-order chi connectivity index (χ1) is 8.10. The van der Waals surface area contributed by atoms with Crippen LogP contribution < -0.4 is 5.32 Å². The van der Waals surface area contributed by atoms with Crippen LogP contribution in [-0.2, 0) is 14.3 Å². The van der Waals surface area contributed by atoms with Gasteiger partial charge in [0.05, 0.1) is 0 Å². The molecule has 0 aromatic heterocycles. The Labute approximate surface area is 103 Å². The minimum absolute atomic E-state index is 0.184. The highest BCUT2D eigenvalue weighted by Gasteiger charge is 2.08. The molecule has 100 valence electrons. The summed E-state index contributed by atoms with van der Waals surface area (Å²) in [6, 6.07) is 0. The molecule has 5 heteroatoms. The second-order valence-electron chi connectivity index (χ2n) is 4.11. The van der Waals surface area contributed by atoms with Crippen LogP contribution in [0, 0.1) is 5.92 Å². The van der Waals surface area contributed by atoms with Crippen LogP contribution in [-0.4, -0.2) is 36.7 Å². The van der Waals surface area contributed by atoms with Gasteiger partial charge < -0.3 is 15.2 Å². The molecule has 0 bridgehead atoms. The SMILES string of the molecule is CCCCC(CC)CNC(=O)COCC(=O)O. The maximum atomic E-state index is 11.3. The van der Waals surface area contributed by atoms with Gasteiger partial charge in [-0.2, -0.15) is 0 Å². The van der Waals surface area contributed by atoms with Crippen molar-refractivity contribution in [3.05, 3.63) is 0 Å². The van der Waals surface area contributed by atoms with Crippen molar-refractivity contribution >= 4 is 11.9 Å². The zero-order chi connectivity index (χ0) is 13.1. The Morgan fingerprint density at radius 3 is 2.53 bits per heavy atom. The van der Waals surface area contributed by atoms with Gasteiger partial charge in [0.2, 0.25) is 5.91 Å². The Kier molecular flexibility index (Phi) is 9.43. The molecule has 0 aliphatic rings. The summed E-state index contributed by atoms with van der Waals surface area (Å²) >= 11 is 0. The van der Waals surface area contributed by atoms with Gasteiger partial charge >= 0.3 is 5.97 Å². The third-order valence-electron chi connectivity index (χ3n) is 2.59. The lowest BCUT2D eigenvalue weighted by Crippen LogP contribution is -2.32. The number of ether oxygens (including phenoxy) is 1. The number of carbonyl (C=O) groups excluding carboxylic acids is 1. The van der Waals surface area contributed by atoms with Crippen LogP contribution in [0.1, 0.15) is 39.5 Å². The lowest BCUT2D eigenvalue weighted by atomic mass is 9.99. The van der Waals surface area contributed by atoms with Gasteiger partial charge in [-0.05, 0) is 12.3 Å². The smallest absolute Gasteiger partial charge is 0.329 e. The van der Waals surface area contributed by atoms with Gasteiger partial charge in [-0.1, -0.05) is 33.1 Å². The monoisotopic (exact) mass is 245 g/mol. The molecule has 17 heavy (non-hydrogen) atoms. The van der Waals surface area contributed by atoms with Crippen molar-refractivity contribution in [2.75, 3.05) is 19.8 Å². The lowest BCUT2D eigenvalue weighted by molar-refractivity contribution is -0.143. The molecule has 0 aromatic rings. The molecule has 0 spiro atoms. The van der Waals surface area contributed by atoms with E-state index in [2.05, 4.69) is 19.2 Å². The number of carboxylic acids is 1. The predicted octanol–water partition coefficient (Wildman–Crippen LogP) is 1.42. The average molecular weight is 245 g/mol. The van der Waals surface area contributed by atoms with Gasteiger partial charge in [-0.15, -0.1) is 0 Å². The van der Waals surface area contributed by atoms with Crippen LogP contribution in [0.25, 0.3) is 0 Å². The van der Waals surface area contributed by atoms with Crippen molar-refractivity contribution in [1.29, 1.82) is 0 Å². The van der Waals surface area contributed by atoms with Gasteiger partial charge in [0.15, 0.2) is 0 Å². The molecule has 0 fully saturated rings. The number of rotatable bonds is 10. The first-order valence-electron chi connectivity index (χ1n) is 6.16. The van der Waals surface area contributed by atoms with Gasteiger partial charge in [0, 0.05) is 6.54 Å². The van der Waals surface area contributed by atoms with Gasteiger partial charge in [-0.25, -0.2) is 4.79 Å². The first-order valence-corrected chi connectivity index (χ1v) is 6.16. The zero-order valence-corrected chi connectivity index (χ0v) is 10.7. The highest BCUT2D eigenvalue weighted by Crippen LogP contribution is 2.10. The number of unbranched alkanes of at least 4 members (excludes halogenated alkanes) is 1. The van der Waals surface area contributed by atoms with Crippen LogP contribution in [0.2, 0.25) is 0 Å². The average Bonchev–Trinajstić information content (AvgIpc) is 2.29. The van der Waals surface area contributed by atoms with Crippen LogP contribution in [0.15, 0.2) is 0 Å². The number of carboxylic acid groups (broad SMARTS) is 1. The molecular weight excluding hydrogens is 222 g/mol. The van der Waals surface area contributed by atoms with E-state index in [0.29, 0.717) is 12.5 Å². The molecule has 0 heterocycles. The van der Waals surface area contributed by atoms with E-state index >= 15 is 0 Å². The molecule has 1 amide bonds. The highest BCUT2D eigenvalue weighted by molar-refractivity contribution is 5.77. The molecule has 0 aliphatic carbocycles. The molecule has 1 unspecified atom stereocenters. The minimum atomic E-state index is -1.06. The van der Waals surface area contributed by atoms with E-state index in [1.165, 1.54) is 6.42 Å². The molecule has 0 aromatic carbocycles. The van der Waals surface area contributed by atoms with E-state index < -0.39 is 12.6 Å². The van der Waals surface area contributed by atoms with Crippen molar-refractivity contribution in [3.63, 3.8) is 0 Å². The number of carbonyl (C=O) groups is 2. The molecule has 0 radical (unpaired) electrons. The van der Waals surface area contributed by atoms with Gasteiger partial charge in [-0.3, -0.25) is 4.79 Å². The summed E-state index contributed by atoms with van der Waals surface area (Å²) in [4.78, 5) is 21.4. The molecule has 0 aliphatic heterocycles. The van der Waals surface area contributed by atoms with E-state index in [1.54, 1.807) is 0 Å². The second kappa shape index (κ2) is 10.1. The van der Waals surface area contributed by atoms with Crippen LogP contribution in [0.5, 0.6) is 0 Å². The van der Waals surface area contributed by atoms with Crippen molar-refractivity contribution in [2.24, 2.45) is 5.92 Å². The Balaban J connectivity index is 3.62. The largest absolute Gasteiger partial charge is 0.480 e. The summed E-state index contributed by atoms with van der Waals surface area (Å²) in [5, 5.41) is 11.1. The molecule has 0 saturated heterocycles. The zero-order valence-electron chi connectivity index (χ0n) is 10.7. The third kappa shape index (κ3) is 9.81. The van der Waals surface area contributed by atoms with Crippen molar-refractivity contribution in [2.45, 2.75) is 39.5 Å². The van der Waals surface area contributed by atoms with Crippen LogP contribution in [0.3, 0.4) is 0 Å². The summed E-state index contributed by atoms with van der Waals surface area (Å²) in [7, 11) is 0. The van der Waals surface area contributed by atoms with E-state index in [4.69, 9.17) is 9.84 Å². The highest BCUT2D eigenvalue weighted by atomic mass is 16.5. The van der Waals surface area contributed by atoms with E-state index in [1.807, 2.05) is 0 Å². The normalized spacial score (nSPS) is 12.1. The molecule has 0 rings (SSSR count). The quantitative estimate of drug-likeness (QED) is 0.610. The lowest BCUT2D eigenvalue weighted by Gasteiger charge is -2.15. The predicted molar refractivity (Wildman–Crippen MR) is 64.8 cm³/mol. The van der Waals surface area contributed by atoms with E-state index in [-0.39, 0.29) is 12.5 Å². The fourth-order valence-electron chi connectivity index (χ4n) is 1.48. The number of hydrogen-bond donors (Lipinski definition) is 2. The Morgan fingerprint density at radius 2 is 2.00 bits per heavy atom. The Hall–Kier alpha value is -1.10. The Bertz CT molecular complexity index is 231. The standard InChI is InChI=1S/C12H23NO4/c1-3-5-6-10(4-2)7-13-11(14)8-17-9-12(15)16/h10H,3-9H2,1-2H3,(H,13,14)(H,15,16). The van der Waals surface area contributed by atoms with Crippen LogP contribution in [0.4, 0.5) is 0 Å². The molecule has 2 N–H and O–H groups in total. The van der Waals surface area contributed by atoms with Crippen LogP contribution >= 0.6 is 0 Å². The third-order valence-corrected chi connectivity index (χ3v) is 2.59. The molecule has 0 saturated carbocycles. The van der Waals surface area contributed by atoms with Gasteiger partial charge in [0.25, 0.3) is 0 Å². The number of hydrogen-bond acceptors (Lipinski definition) is 3. The van der Waals surface area contributed by atoms with E-state index in [0.717, 1.165) is 19.3 Å². The number of aliphatic carboxylic acids is 1. The maximum absolute atomic E-state index is 11.3. The van der Waals surface area contributed by atoms with Crippen molar-refractivity contribution in [3.8, 4) is 0 Å². The summed E-state index contributed by atoms with van der Waals surface area (Å²) in [5.41, 5.74) is 0. The van der Waals surface area contributed by atoms with E-state index in [9.17, 15) is 9.59 Å². The summed E-state index contributed by atoms with van der Waals surface area (Å²) < 4.78 is 4.69. The summed E-state index contributed by atoms with van der Waals surface area (Å²) in [5.74, 6) is -0.813. The number of nitrogens with one attached hydrogen (secondary N) is 1. The number of amides is 1. The van der Waals surface area contributed by atoms with Crippen molar-refractivity contribution in [1.82, 2.24) is 5.32 Å². The fraction of sp³-hybridized carbons (Fsp3) is 0.833. The first kappa shape index (κ1) is 15.9. The summed E-state index contributed by atoms with van der Waals surface area (Å²) in [6.07, 6.45) is 4.48. The topological polar surface area (TPSA) is 75.6 Å². The molecular formula is C12H23NO4. The van der Waals surface area contributed by atoms with Crippen molar-refractivity contribution < 1.29 is 19.4 Å². The molecule has 1 atom stereocenters. The second-order valence-corrected chi connectivity index (χ2v) is 4.11. The Morgan fingerprint density at radius 1 is 1.29 bits per heavy atom. The minimum Gasteiger partial charge on any atom is -0.480 e. The van der Waals surface area contributed by atoms with Gasteiger partial charge in [0.1, 0.15) is 13.2 Å². The maximum Gasteiger partial charge on any atom is 0.329 e. The summed E-state index contributed by atoms with van der Waals surface area (Å²) in [6.45, 7) is 4.28. The molecule has 5 nitrogen and oxygen atoms in total. The fourth-order valence-corrected chi connectivity index (χ4v) is 1.48.